The SMILES string of the molecule is CO[C@H]1C[C@@H](C)C/C(C)=C/[C@@H](C/C=C/C(=O)NCCOCCOCCNC(=O)CCC(=O)NC(CCC(=O)O)C(=O)NC(CCC(=O)O)C(=O)NC(CCC(=O)O)C(=O)NC(CCC(=O)O)C(=O)NC(CCC(=O)O)C(=O)NC(CCC(=O)O)C(=O)NCC(=O)O)C(=O)C[C@H](O)[C@@H](C)[C@@H](/C(C)=C/[C@@H]2CC[C@@H](O)[C@H](O)C2)OC(=O)[C@@H]2CCCCN2C(=O)C(=O)[C@]2(O)O[C@H]1[C@@H](OC)C[C@H]2C. The molecule has 3 heterocycles. The third-order valence-electron chi connectivity index (χ3n) is 23.0. The van der Waals surface area contributed by atoms with Crippen molar-refractivity contribution in [2.75, 3.05) is 66.8 Å². The topological polar surface area (TPSA) is 731 Å². The van der Waals surface area contributed by atoms with E-state index in [1.54, 1.807) is 32.9 Å². The number of aliphatic carboxylic acids is 7. The van der Waals surface area contributed by atoms with Crippen molar-refractivity contribution in [3.63, 3.8) is 0 Å². The second-order valence-corrected chi connectivity index (χ2v) is 33.7. The minimum Gasteiger partial charge on any atom is -0.481 e. The van der Waals surface area contributed by atoms with Gasteiger partial charge in [0.15, 0.2) is 0 Å². The van der Waals surface area contributed by atoms with Crippen LogP contribution in [-0.2, 0) is 124 Å². The van der Waals surface area contributed by atoms with E-state index in [1.807, 2.05) is 19.2 Å². The fraction of sp³-hybridized carbons (Fsp3) is 0.698. The lowest BCUT2D eigenvalue weighted by atomic mass is 9.81. The number of carboxylic acid groups (broad SMARTS) is 7. The second kappa shape index (κ2) is 58.0. The number of carbonyl (C=O) groups is 20. The molecule has 20 N–H and O–H groups in total. The zero-order chi connectivity index (χ0) is 99.5. The van der Waals surface area contributed by atoms with Gasteiger partial charge in [-0.15, -0.1) is 0 Å². The number of carboxylic acids is 7. The van der Waals surface area contributed by atoms with Crippen LogP contribution in [0.15, 0.2) is 35.5 Å². The highest BCUT2D eigenvalue weighted by molar-refractivity contribution is 6.39. The number of allylic oxidation sites excluding steroid dienone is 4. The van der Waals surface area contributed by atoms with Gasteiger partial charge in [0.25, 0.3) is 11.7 Å². The van der Waals surface area contributed by atoms with Gasteiger partial charge in [0.05, 0.1) is 56.9 Å². The summed E-state index contributed by atoms with van der Waals surface area (Å²) >= 11 is 0. The number of nitrogens with one attached hydrogen (secondary N) is 9. The molecular formula is C86H130N10O37. The first-order valence-corrected chi connectivity index (χ1v) is 44.1. The van der Waals surface area contributed by atoms with Crippen molar-refractivity contribution < 1.29 is 180 Å². The van der Waals surface area contributed by atoms with Crippen molar-refractivity contribution in [1.82, 2.24) is 52.8 Å². The number of aliphatic hydroxyl groups is 4. The number of esters is 1. The first kappa shape index (κ1) is 114. The first-order chi connectivity index (χ1) is 62.7. The van der Waals surface area contributed by atoms with E-state index < -0.39 is 330 Å². The zero-order valence-corrected chi connectivity index (χ0v) is 75.6. The maximum Gasteiger partial charge on any atom is 0.329 e. The Hall–Kier alpha value is -11.3. The Morgan fingerprint density at radius 1 is 0.519 bits per heavy atom. The van der Waals surface area contributed by atoms with Crippen LogP contribution >= 0.6 is 0 Å². The number of piperidine rings is 1. The number of hydrogen-bond donors (Lipinski definition) is 20. The first-order valence-electron chi connectivity index (χ1n) is 44.1. The number of ether oxygens (including phenoxy) is 6. The number of rotatable bonds is 51. The molecule has 2 saturated heterocycles. The third-order valence-corrected chi connectivity index (χ3v) is 23.0. The number of Topliss-reactive ketones (excluding diaryl/α,β-unsaturated/α-hetero) is 2. The van der Waals surface area contributed by atoms with Crippen LogP contribution in [0.4, 0.5) is 0 Å². The van der Waals surface area contributed by atoms with Gasteiger partial charge in [0.1, 0.15) is 66.8 Å². The molecule has 20 atom stereocenters. The highest BCUT2D eigenvalue weighted by Gasteiger charge is 2.57. The molecule has 0 aromatic rings. The molecule has 3 fully saturated rings. The monoisotopic (exact) mass is 1890 g/mol. The van der Waals surface area contributed by atoms with Crippen LogP contribution in [0.5, 0.6) is 0 Å². The number of cyclic esters (lactones) is 1. The zero-order valence-electron chi connectivity index (χ0n) is 75.6. The van der Waals surface area contributed by atoms with E-state index in [1.165, 1.54) is 26.4 Å². The summed E-state index contributed by atoms with van der Waals surface area (Å²) in [5, 5.41) is 131. The highest BCUT2D eigenvalue weighted by atomic mass is 16.7. The lowest BCUT2D eigenvalue weighted by Gasteiger charge is -2.47. The molecule has 2 bridgehead atoms. The van der Waals surface area contributed by atoms with E-state index in [2.05, 4.69) is 42.5 Å². The molecule has 0 aromatic heterocycles. The smallest absolute Gasteiger partial charge is 0.329 e. The molecule has 4 rings (SSSR count). The van der Waals surface area contributed by atoms with Crippen molar-refractivity contribution in [2.24, 2.45) is 29.6 Å². The fourth-order valence-corrected chi connectivity index (χ4v) is 15.7. The Bertz CT molecular complexity index is 4140. The number of amides is 10. The third kappa shape index (κ3) is 40.6. The predicted molar refractivity (Wildman–Crippen MR) is 457 cm³/mol. The maximum absolute atomic E-state index is 14.6. The molecule has 47 nitrogen and oxygen atoms in total. The number of aliphatic hydroxyl groups excluding tert-OH is 3. The van der Waals surface area contributed by atoms with E-state index in [4.69, 9.17) is 33.5 Å². The molecular weight excluding hydrogens is 1760 g/mol. The molecule has 3 aliphatic heterocycles. The number of nitrogens with zero attached hydrogens (tertiary/aromatic N) is 1. The van der Waals surface area contributed by atoms with Crippen LogP contribution in [0, 0.1) is 29.6 Å². The number of ketones is 2. The van der Waals surface area contributed by atoms with Crippen LogP contribution < -0.4 is 47.9 Å². The molecule has 746 valence electrons. The molecule has 0 spiro atoms. The summed E-state index contributed by atoms with van der Waals surface area (Å²) in [6.45, 7) is 7.39. The van der Waals surface area contributed by atoms with Crippen LogP contribution in [0.25, 0.3) is 0 Å². The summed E-state index contributed by atoms with van der Waals surface area (Å²) < 4.78 is 35.5. The van der Waals surface area contributed by atoms with Crippen molar-refractivity contribution in [3.05, 3.63) is 35.5 Å². The summed E-state index contributed by atoms with van der Waals surface area (Å²) in [5.41, 5.74) is 1.19. The quantitative estimate of drug-likeness (QED) is 0.0100. The van der Waals surface area contributed by atoms with Gasteiger partial charge < -0.3 is 137 Å². The molecule has 0 radical (unpaired) electrons. The van der Waals surface area contributed by atoms with E-state index in [9.17, 15) is 147 Å². The molecule has 6 unspecified atom stereocenters. The lowest BCUT2D eigenvalue weighted by Crippen LogP contribution is -2.64. The lowest BCUT2D eigenvalue weighted by molar-refractivity contribution is -0.302. The number of carbonyl (C=O) groups excluding carboxylic acids is 13. The van der Waals surface area contributed by atoms with E-state index in [-0.39, 0.29) is 96.4 Å². The second-order valence-electron chi connectivity index (χ2n) is 33.7. The number of fused-ring (bicyclic) bond motifs is 3. The van der Waals surface area contributed by atoms with E-state index in [0.29, 0.717) is 31.3 Å². The largest absolute Gasteiger partial charge is 0.481 e. The Balaban J connectivity index is 1.38. The van der Waals surface area contributed by atoms with Gasteiger partial charge in [0, 0.05) is 109 Å². The molecule has 1 saturated carbocycles. The Morgan fingerprint density at radius 2 is 0.970 bits per heavy atom. The van der Waals surface area contributed by atoms with E-state index in [0.717, 1.165) is 10.5 Å². The van der Waals surface area contributed by atoms with Crippen molar-refractivity contribution >= 4 is 118 Å². The van der Waals surface area contributed by atoms with Crippen LogP contribution in [-0.4, -0.2) is 337 Å². The van der Waals surface area contributed by atoms with Gasteiger partial charge in [-0.25, -0.2) is 4.79 Å². The normalized spacial score (nSPS) is 25.2. The predicted octanol–water partition coefficient (Wildman–Crippen LogP) is -2.30. The fourth-order valence-electron chi connectivity index (χ4n) is 15.7. The molecule has 1 aliphatic carbocycles. The summed E-state index contributed by atoms with van der Waals surface area (Å²) in [4.78, 5) is 262. The van der Waals surface area contributed by atoms with Gasteiger partial charge in [-0.3, -0.25) is 91.1 Å². The molecule has 47 heteroatoms. The van der Waals surface area contributed by atoms with Crippen LogP contribution in [0.3, 0.4) is 0 Å². The van der Waals surface area contributed by atoms with Gasteiger partial charge in [-0.05, 0) is 140 Å². The Labute approximate surface area is 766 Å². The summed E-state index contributed by atoms with van der Waals surface area (Å²) in [7, 11) is 2.88. The van der Waals surface area contributed by atoms with E-state index >= 15 is 0 Å². The molecule has 0 aromatic carbocycles. The maximum atomic E-state index is 14.6. The Kier molecular flexibility index (Phi) is 49.7. The summed E-state index contributed by atoms with van der Waals surface area (Å²) in [5.74, 6) is -31.0. The standard InChI is InChI=1S/C86H130N10O37/c1-45-37-46(2)39-63(128-6)76-64(129-7)41-48(4)86(127,133-76)77(118)84(125)96-32-9-8-12-58(96)85(126)132-75(47(3)40-50-14-21-59(97)62(100)42-50)49(5)60(98)43-61(99)51(38-45)11-10-13-65(101)87-30-33-130-35-36-131-34-31-88-66(102)22-23-67(103)90-53(16-25-69(106)107)79(120)92-55(18-27-71(110)111)81(122)94-57(20-29-73(114)115)83(124)95-56(19-28-72(112)113)82(123)93-54(17-26-70(108)109)80(121)91-52(15-24-68(104)105)78(119)89-44-74(116)117/h10,13,38,40,46,48-60,62-64,75-76,97-98,100,127H,8-9,11-12,14-37,39,41-44H2,1-7H3,(H,87,101)(H,88,102)(H,89,119)(H,90,103)(H,91,121)(H,92,120)(H,93,123)(H,94,122)(H,95,124)(H,104,105)(H,106,107)(H,108,109)(H,110,111)(H,112,113)(H,114,115)(H,116,117)/b13-10+,45-38+,47-40+/t46-,48+,49+,50-,51+,52?,53?,54?,55?,56?,57?,58-,59+,60-,62+,63-,64-,75+,76+,86+/m0/s1. The minimum atomic E-state index is -2.66. The Morgan fingerprint density at radius 3 is 1.43 bits per heavy atom. The average molecular weight is 1900 g/mol. The van der Waals surface area contributed by atoms with Crippen molar-refractivity contribution in [3.8, 4) is 0 Å². The van der Waals surface area contributed by atoms with Gasteiger partial charge in [0.2, 0.25) is 59.0 Å². The van der Waals surface area contributed by atoms with Crippen LogP contribution in [0.1, 0.15) is 195 Å². The van der Waals surface area contributed by atoms with Crippen molar-refractivity contribution in [2.45, 2.75) is 286 Å². The highest BCUT2D eigenvalue weighted by Crippen LogP contribution is 2.40. The van der Waals surface area contributed by atoms with Crippen molar-refractivity contribution in [1.29, 1.82) is 0 Å². The minimum absolute atomic E-state index is 0.000476. The van der Waals surface area contributed by atoms with Crippen LogP contribution in [0.2, 0.25) is 0 Å². The van der Waals surface area contributed by atoms with Gasteiger partial charge in [-0.1, -0.05) is 44.6 Å². The van der Waals surface area contributed by atoms with Gasteiger partial charge >= 0.3 is 47.8 Å². The molecule has 4 aliphatic rings. The number of methoxy groups -OCH3 is 2. The molecule has 10 amide bonds. The summed E-state index contributed by atoms with van der Waals surface area (Å²) in [6.07, 6.45) is -9.77. The average Bonchev–Trinajstić information content (AvgIpc) is 0.825. The van der Waals surface area contributed by atoms with Gasteiger partial charge in [-0.2, -0.15) is 0 Å². The summed E-state index contributed by atoms with van der Waals surface area (Å²) in [6, 6.07) is -13.0. The number of hydrogen-bond acceptors (Lipinski definition) is 30. The molecule has 133 heavy (non-hydrogen) atoms.